The third-order valence-corrected chi connectivity index (χ3v) is 3.03. The molecule has 0 amide bonds. The van der Waals surface area contributed by atoms with E-state index in [9.17, 15) is 10.1 Å². The Hall–Kier alpha value is -1.92. The van der Waals surface area contributed by atoms with Gasteiger partial charge in [-0.3, -0.25) is 10.1 Å². The smallest absolute Gasteiger partial charge is 0.353 e. The van der Waals surface area contributed by atoms with Crippen LogP contribution in [0, 0.1) is 16.0 Å². The van der Waals surface area contributed by atoms with Gasteiger partial charge in [-0.05, 0) is 19.3 Å². The minimum absolute atomic E-state index is 0.0805. The Kier molecular flexibility index (Phi) is 5.02. The van der Waals surface area contributed by atoms with E-state index in [4.69, 9.17) is 0 Å². The first kappa shape index (κ1) is 15.1. The number of aromatic nitrogens is 2. The number of anilines is 2. The van der Waals surface area contributed by atoms with Crippen LogP contribution in [-0.4, -0.2) is 35.0 Å². The molecule has 0 saturated heterocycles. The average Bonchev–Trinajstić information content (AvgIpc) is 2.35. The summed E-state index contributed by atoms with van der Waals surface area (Å²) in [6.45, 7) is 6.28. The number of rotatable bonds is 6. The molecule has 0 saturated carbocycles. The molecule has 7 heteroatoms. The molecule has 1 heterocycles. The van der Waals surface area contributed by atoms with E-state index in [1.54, 1.807) is 7.05 Å². The Morgan fingerprint density at radius 2 is 2.05 bits per heavy atom. The van der Waals surface area contributed by atoms with Gasteiger partial charge in [-0.25, -0.2) is 9.97 Å². The largest absolute Gasteiger partial charge is 0.367 e. The summed E-state index contributed by atoms with van der Waals surface area (Å²) in [5.74, 6) is 1.10. The number of nitro groups is 1. The molecule has 0 spiro atoms. The summed E-state index contributed by atoms with van der Waals surface area (Å²) in [6.07, 6.45) is 2.28. The molecule has 1 unspecified atom stereocenters. The Morgan fingerprint density at radius 3 is 2.53 bits per heavy atom. The van der Waals surface area contributed by atoms with Crippen LogP contribution in [-0.2, 0) is 0 Å². The summed E-state index contributed by atoms with van der Waals surface area (Å²) < 4.78 is 0. The van der Waals surface area contributed by atoms with E-state index in [1.165, 1.54) is 6.33 Å². The lowest BCUT2D eigenvalue weighted by Crippen LogP contribution is -2.31. The molecule has 1 aromatic rings. The predicted molar refractivity (Wildman–Crippen MR) is 75.6 cm³/mol. The second-order valence-corrected chi connectivity index (χ2v) is 4.99. The van der Waals surface area contributed by atoms with Crippen molar-refractivity contribution in [1.29, 1.82) is 0 Å². The molecule has 1 rings (SSSR count). The third-order valence-electron chi connectivity index (χ3n) is 3.03. The summed E-state index contributed by atoms with van der Waals surface area (Å²) in [7, 11) is 3.43. The molecule has 0 radical (unpaired) electrons. The predicted octanol–water partition coefficient (Wildman–Crippen LogP) is 2.30. The van der Waals surface area contributed by atoms with Crippen LogP contribution in [0.25, 0.3) is 0 Å². The van der Waals surface area contributed by atoms with Gasteiger partial charge in [0.25, 0.3) is 0 Å². The highest BCUT2D eigenvalue weighted by Gasteiger charge is 2.27. The fourth-order valence-corrected chi connectivity index (χ4v) is 2.03. The molecule has 0 aliphatic heterocycles. The zero-order valence-corrected chi connectivity index (χ0v) is 12.0. The van der Waals surface area contributed by atoms with Crippen LogP contribution in [0.5, 0.6) is 0 Å². The van der Waals surface area contributed by atoms with Gasteiger partial charge >= 0.3 is 5.69 Å². The molecule has 7 nitrogen and oxygen atoms in total. The van der Waals surface area contributed by atoms with Gasteiger partial charge < -0.3 is 10.2 Å². The van der Waals surface area contributed by atoms with Crippen molar-refractivity contribution < 1.29 is 4.92 Å². The van der Waals surface area contributed by atoms with Crippen molar-refractivity contribution in [3.8, 4) is 0 Å². The topological polar surface area (TPSA) is 84.2 Å². The third kappa shape index (κ3) is 3.52. The van der Waals surface area contributed by atoms with E-state index < -0.39 is 4.92 Å². The standard InChI is InChI=1S/C12H21N5O2/c1-8(2)6-9(3)16(5)12-10(17(18)19)11(13-4)14-7-15-12/h7-9H,6H2,1-5H3,(H,13,14,15). The van der Waals surface area contributed by atoms with Gasteiger partial charge in [0, 0.05) is 20.1 Å². The first-order valence-corrected chi connectivity index (χ1v) is 6.28. The van der Waals surface area contributed by atoms with Crippen molar-refractivity contribution in [2.45, 2.75) is 33.2 Å². The maximum absolute atomic E-state index is 11.2. The summed E-state index contributed by atoms with van der Waals surface area (Å²) in [5, 5.41) is 13.9. The molecule has 0 aliphatic carbocycles. The average molecular weight is 267 g/mol. The van der Waals surface area contributed by atoms with E-state index in [1.807, 2.05) is 18.9 Å². The van der Waals surface area contributed by atoms with E-state index in [0.717, 1.165) is 6.42 Å². The highest BCUT2D eigenvalue weighted by molar-refractivity contribution is 5.70. The Labute approximate surface area is 113 Å². The zero-order chi connectivity index (χ0) is 14.6. The number of nitrogens with zero attached hydrogens (tertiary/aromatic N) is 4. The van der Waals surface area contributed by atoms with E-state index in [0.29, 0.717) is 11.7 Å². The van der Waals surface area contributed by atoms with Crippen LogP contribution in [0.2, 0.25) is 0 Å². The van der Waals surface area contributed by atoms with Crippen molar-refractivity contribution >= 4 is 17.3 Å². The first-order valence-electron chi connectivity index (χ1n) is 6.28. The molecule has 106 valence electrons. The minimum Gasteiger partial charge on any atom is -0.367 e. The fourth-order valence-electron chi connectivity index (χ4n) is 2.03. The van der Waals surface area contributed by atoms with Gasteiger partial charge in [0.1, 0.15) is 6.33 Å². The van der Waals surface area contributed by atoms with Crippen molar-refractivity contribution in [2.75, 3.05) is 24.3 Å². The van der Waals surface area contributed by atoms with Gasteiger partial charge in [-0.15, -0.1) is 0 Å². The molecule has 0 bridgehead atoms. The Bertz CT molecular complexity index is 450. The highest BCUT2D eigenvalue weighted by atomic mass is 16.6. The van der Waals surface area contributed by atoms with Gasteiger partial charge in [-0.1, -0.05) is 13.8 Å². The van der Waals surface area contributed by atoms with Crippen molar-refractivity contribution in [3.63, 3.8) is 0 Å². The summed E-state index contributed by atoms with van der Waals surface area (Å²) >= 11 is 0. The molecule has 19 heavy (non-hydrogen) atoms. The molecule has 1 N–H and O–H groups in total. The number of hydrogen-bond acceptors (Lipinski definition) is 6. The lowest BCUT2D eigenvalue weighted by Gasteiger charge is -2.27. The Balaban J connectivity index is 3.15. The van der Waals surface area contributed by atoms with E-state index in [-0.39, 0.29) is 17.5 Å². The summed E-state index contributed by atoms with van der Waals surface area (Å²) in [5.41, 5.74) is -0.0805. The maximum Gasteiger partial charge on any atom is 0.353 e. The molecular weight excluding hydrogens is 246 g/mol. The van der Waals surface area contributed by atoms with Gasteiger partial charge in [0.05, 0.1) is 4.92 Å². The molecular formula is C12H21N5O2. The van der Waals surface area contributed by atoms with Crippen LogP contribution in [0.1, 0.15) is 27.2 Å². The first-order chi connectivity index (χ1) is 8.88. The normalized spacial score (nSPS) is 12.3. The highest BCUT2D eigenvalue weighted by Crippen LogP contribution is 2.32. The van der Waals surface area contributed by atoms with Gasteiger partial charge in [-0.2, -0.15) is 0 Å². The van der Waals surface area contributed by atoms with Crippen molar-refractivity contribution in [3.05, 3.63) is 16.4 Å². The minimum atomic E-state index is -0.445. The zero-order valence-electron chi connectivity index (χ0n) is 12.0. The lowest BCUT2D eigenvalue weighted by atomic mass is 10.0. The maximum atomic E-state index is 11.2. The molecule has 0 aliphatic rings. The van der Waals surface area contributed by atoms with Gasteiger partial charge in [0.2, 0.25) is 11.6 Å². The van der Waals surface area contributed by atoms with Gasteiger partial charge in [0.15, 0.2) is 0 Å². The van der Waals surface area contributed by atoms with Crippen LogP contribution in [0.4, 0.5) is 17.3 Å². The van der Waals surface area contributed by atoms with Crippen LogP contribution in [0.3, 0.4) is 0 Å². The SMILES string of the molecule is CNc1ncnc(N(C)C(C)CC(C)C)c1[N+](=O)[O-]. The molecule has 1 aromatic heterocycles. The number of hydrogen-bond donors (Lipinski definition) is 1. The van der Waals surface area contributed by atoms with E-state index in [2.05, 4.69) is 29.1 Å². The molecule has 0 fully saturated rings. The van der Waals surface area contributed by atoms with Crippen LogP contribution < -0.4 is 10.2 Å². The quantitative estimate of drug-likeness (QED) is 0.629. The molecule has 1 atom stereocenters. The fraction of sp³-hybridized carbons (Fsp3) is 0.667. The van der Waals surface area contributed by atoms with Crippen LogP contribution in [0.15, 0.2) is 6.33 Å². The van der Waals surface area contributed by atoms with Crippen LogP contribution >= 0.6 is 0 Å². The molecule has 0 aromatic carbocycles. The second kappa shape index (κ2) is 6.31. The second-order valence-electron chi connectivity index (χ2n) is 4.99. The van der Waals surface area contributed by atoms with Crippen molar-refractivity contribution in [1.82, 2.24) is 9.97 Å². The monoisotopic (exact) mass is 267 g/mol. The Morgan fingerprint density at radius 1 is 1.42 bits per heavy atom. The van der Waals surface area contributed by atoms with Crippen molar-refractivity contribution in [2.24, 2.45) is 5.92 Å². The summed E-state index contributed by atoms with van der Waals surface area (Å²) in [4.78, 5) is 20.6. The summed E-state index contributed by atoms with van der Waals surface area (Å²) in [6, 6.07) is 0.165. The van der Waals surface area contributed by atoms with E-state index >= 15 is 0 Å². The number of nitrogens with one attached hydrogen (secondary N) is 1. The lowest BCUT2D eigenvalue weighted by molar-refractivity contribution is -0.383.